The van der Waals surface area contributed by atoms with Crippen molar-refractivity contribution in [1.82, 2.24) is 20.1 Å². The van der Waals surface area contributed by atoms with E-state index in [4.69, 9.17) is 12.2 Å². The summed E-state index contributed by atoms with van der Waals surface area (Å²) in [6.45, 7) is 0.743. The van der Waals surface area contributed by atoms with Crippen molar-refractivity contribution in [2.45, 2.75) is 38.3 Å². The lowest BCUT2D eigenvalue weighted by Gasteiger charge is -2.03. The number of nitrogens with one attached hydrogen (secondary N) is 2. The number of hydrogen-bond acceptors (Lipinski definition) is 3. The summed E-state index contributed by atoms with van der Waals surface area (Å²) in [5.41, 5.74) is 0. The molecule has 0 atom stereocenters. The van der Waals surface area contributed by atoms with E-state index >= 15 is 0 Å². The fourth-order valence-corrected chi connectivity index (χ4v) is 1.56. The van der Waals surface area contributed by atoms with E-state index in [1.165, 1.54) is 0 Å². The fourth-order valence-electron chi connectivity index (χ4n) is 1.37. The normalized spacial score (nSPS) is 15.2. The van der Waals surface area contributed by atoms with Crippen LogP contribution in [0.25, 0.3) is 0 Å². The third-order valence-corrected chi connectivity index (χ3v) is 2.69. The molecule has 1 aromatic rings. The Balaban J connectivity index is 1.67. The number of aryl methyl sites for hydroxylation is 1. The SMILES string of the molecule is O=C(CCCn1cn[nH]c1=S)NC1CC1. The predicted molar refractivity (Wildman–Crippen MR) is 57.8 cm³/mol. The molecule has 0 aliphatic heterocycles. The van der Waals surface area contributed by atoms with E-state index in [2.05, 4.69) is 15.5 Å². The van der Waals surface area contributed by atoms with Crippen LogP contribution in [-0.2, 0) is 11.3 Å². The smallest absolute Gasteiger partial charge is 0.220 e. The standard InChI is InChI=1S/C9H14N4OS/c14-8(11-7-3-4-7)2-1-5-13-6-10-12-9(13)15/h6-7H,1-5H2,(H,11,14)(H,12,15). The molecular formula is C9H14N4OS. The number of amides is 1. The first-order chi connectivity index (χ1) is 7.25. The van der Waals surface area contributed by atoms with Crippen molar-refractivity contribution in [1.29, 1.82) is 0 Å². The minimum Gasteiger partial charge on any atom is -0.353 e. The molecule has 6 heteroatoms. The average molecular weight is 226 g/mol. The number of aromatic amines is 1. The monoisotopic (exact) mass is 226 g/mol. The number of aromatic nitrogens is 3. The van der Waals surface area contributed by atoms with Gasteiger partial charge in [-0.05, 0) is 31.5 Å². The maximum atomic E-state index is 11.3. The molecule has 82 valence electrons. The molecule has 1 aliphatic carbocycles. The molecule has 0 unspecified atom stereocenters. The summed E-state index contributed by atoms with van der Waals surface area (Å²) in [4.78, 5) is 11.3. The van der Waals surface area contributed by atoms with Crippen molar-refractivity contribution in [3.8, 4) is 0 Å². The van der Waals surface area contributed by atoms with E-state index < -0.39 is 0 Å². The molecule has 2 rings (SSSR count). The number of carbonyl (C=O) groups is 1. The maximum Gasteiger partial charge on any atom is 0.220 e. The van der Waals surface area contributed by atoms with Gasteiger partial charge in [-0.15, -0.1) is 0 Å². The number of nitrogens with zero attached hydrogens (tertiary/aromatic N) is 2. The summed E-state index contributed by atoms with van der Waals surface area (Å²) >= 11 is 4.99. The zero-order valence-corrected chi connectivity index (χ0v) is 9.22. The molecule has 1 heterocycles. The molecule has 1 fully saturated rings. The largest absolute Gasteiger partial charge is 0.353 e. The molecule has 0 radical (unpaired) electrons. The lowest BCUT2D eigenvalue weighted by molar-refractivity contribution is -0.121. The Kier molecular flexibility index (Phi) is 3.15. The van der Waals surface area contributed by atoms with Crippen molar-refractivity contribution in [2.24, 2.45) is 0 Å². The van der Waals surface area contributed by atoms with Crippen molar-refractivity contribution in [3.05, 3.63) is 11.1 Å². The lowest BCUT2D eigenvalue weighted by atomic mass is 10.3. The molecular weight excluding hydrogens is 212 g/mol. The Hall–Kier alpha value is -1.17. The zero-order valence-electron chi connectivity index (χ0n) is 8.40. The van der Waals surface area contributed by atoms with Crippen LogP contribution in [0.1, 0.15) is 25.7 Å². The van der Waals surface area contributed by atoms with E-state index in [1.807, 2.05) is 4.57 Å². The summed E-state index contributed by atoms with van der Waals surface area (Å²) in [6, 6.07) is 0.452. The molecule has 1 aromatic heterocycles. The number of rotatable bonds is 5. The highest BCUT2D eigenvalue weighted by Gasteiger charge is 2.22. The minimum absolute atomic E-state index is 0.146. The molecule has 0 spiro atoms. The molecule has 1 aliphatic rings. The van der Waals surface area contributed by atoms with Crippen molar-refractivity contribution < 1.29 is 4.79 Å². The summed E-state index contributed by atoms with van der Waals surface area (Å²) in [5, 5.41) is 9.44. The molecule has 0 saturated heterocycles. The first-order valence-electron chi connectivity index (χ1n) is 5.15. The summed E-state index contributed by atoms with van der Waals surface area (Å²) in [7, 11) is 0. The Morgan fingerprint density at radius 1 is 1.73 bits per heavy atom. The fraction of sp³-hybridized carbons (Fsp3) is 0.667. The lowest BCUT2D eigenvalue weighted by Crippen LogP contribution is -2.25. The third-order valence-electron chi connectivity index (χ3n) is 2.36. The van der Waals surface area contributed by atoms with E-state index in [-0.39, 0.29) is 5.91 Å². The van der Waals surface area contributed by atoms with Crippen LogP contribution >= 0.6 is 12.2 Å². The molecule has 5 nitrogen and oxygen atoms in total. The van der Waals surface area contributed by atoms with Crippen LogP contribution < -0.4 is 5.32 Å². The van der Waals surface area contributed by atoms with Crippen molar-refractivity contribution in [3.63, 3.8) is 0 Å². The van der Waals surface area contributed by atoms with Gasteiger partial charge in [-0.25, -0.2) is 0 Å². The molecule has 0 aromatic carbocycles. The summed E-state index contributed by atoms with van der Waals surface area (Å²) in [6.07, 6.45) is 5.29. The highest BCUT2D eigenvalue weighted by molar-refractivity contribution is 7.71. The number of H-pyrrole nitrogens is 1. The van der Waals surface area contributed by atoms with Crippen LogP contribution in [0.2, 0.25) is 0 Å². The van der Waals surface area contributed by atoms with Crippen LogP contribution in [0.4, 0.5) is 0 Å². The van der Waals surface area contributed by atoms with Crippen molar-refractivity contribution in [2.75, 3.05) is 0 Å². The first kappa shape index (κ1) is 10.4. The second-order valence-corrected chi connectivity index (χ2v) is 4.19. The van der Waals surface area contributed by atoms with Crippen LogP contribution in [0, 0.1) is 4.77 Å². The Labute approximate surface area is 92.9 Å². The molecule has 1 amide bonds. The second-order valence-electron chi connectivity index (χ2n) is 3.80. The van der Waals surface area contributed by atoms with Gasteiger partial charge in [0, 0.05) is 19.0 Å². The third kappa shape index (κ3) is 3.16. The predicted octanol–water partition coefficient (Wildman–Crippen LogP) is 0.999. The van der Waals surface area contributed by atoms with Gasteiger partial charge in [0.15, 0.2) is 4.77 Å². The van der Waals surface area contributed by atoms with Gasteiger partial charge in [0.05, 0.1) is 0 Å². The van der Waals surface area contributed by atoms with Gasteiger partial charge in [-0.2, -0.15) is 5.10 Å². The van der Waals surface area contributed by atoms with E-state index in [0.29, 0.717) is 17.2 Å². The first-order valence-corrected chi connectivity index (χ1v) is 5.56. The van der Waals surface area contributed by atoms with Gasteiger partial charge in [0.25, 0.3) is 0 Å². The van der Waals surface area contributed by atoms with Crippen LogP contribution in [0.3, 0.4) is 0 Å². The van der Waals surface area contributed by atoms with Crippen LogP contribution in [-0.4, -0.2) is 26.7 Å². The zero-order chi connectivity index (χ0) is 10.7. The second kappa shape index (κ2) is 4.57. The number of carbonyl (C=O) groups excluding carboxylic acids is 1. The minimum atomic E-state index is 0.146. The van der Waals surface area contributed by atoms with E-state index in [0.717, 1.165) is 25.8 Å². The van der Waals surface area contributed by atoms with Crippen LogP contribution in [0.15, 0.2) is 6.33 Å². The van der Waals surface area contributed by atoms with Crippen LogP contribution in [0.5, 0.6) is 0 Å². The van der Waals surface area contributed by atoms with Gasteiger partial charge in [0.2, 0.25) is 5.91 Å². The topological polar surface area (TPSA) is 62.7 Å². The van der Waals surface area contributed by atoms with Gasteiger partial charge in [-0.1, -0.05) is 0 Å². The molecule has 2 N–H and O–H groups in total. The highest BCUT2D eigenvalue weighted by atomic mass is 32.1. The maximum absolute atomic E-state index is 11.3. The van der Waals surface area contributed by atoms with Gasteiger partial charge in [0.1, 0.15) is 6.33 Å². The van der Waals surface area contributed by atoms with E-state index in [1.54, 1.807) is 6.33 Å². The number of hydrogen-bond donors (Lipinski definition) is 2. The molecule has 1 saturated carbocycles. The van der Waals surface area contributed by atoms with Gasteiger partial charge < -0.3 is 9.88 Å². The van der Waals surface area contributed by atoms with Gasteiger partial charge >= 0.3 is 0 Å². The highest BCUT2D eigenvalue weighted by Crippen LogP contribution is 2.18. The molecule has 0 bridgehead atoms. The molecule has 15 heavy (non-hydrogen) atoms. The Bertz CT molecular complexity index is 393. The quantitative estimate of drug-likeness (QED) is 0.736. The average Bonchev–Trinajstić information content (AvgIpc) is 2.91. The summed E-state index contributed by atoms with van der Waals surface area (Å²) in [5.74, 6) is 0.146. The Morgan fingerprint density at radius 2 is 2.53 bits per heavy atom. The van der Waals surface area contributed by atoms with Crippen molar-refractivity contribution >= 4 is 18.1 Å². The van der Waals surface area contributed by atoms with E-state index in [9.17, 15) is 4.79 Å². The Morgan fingerprint density at radius 3 is 3.13 bits per heavy atom. The van der Waals surface area contributed by atoms with Gasteiger partial charge in [-0.3, -0.25) is 9.89 Å². The summed E-state index contributed by atoms with van der Waals surface area (Å²) < 4.78 is 2.44.